The Morgan fingerprint density at radius 3 is 2.68 bits per heavy atom. The number of carbonyl (C=O) groups excluding carboxylic acids is 1. The van der Waals surface area contributed by atoms with Gasteiger partial charge >= 0.3 is 0 Å². The van der Waals surface area contributed by atoms with Gasteiger partial charge in [-0.2, -0.15) is 0 Å². The SMILES string of the molecule is COc1ccc(-c2cn3c(CC(=O)Nc4ccc(F)c(F)c4)csc3n2)cc1. The molecule has 1 amide bonds. The first kappa shape index (κ1) is 18.1. The number of aromatic nitrogens is 2. The molecular weight excluding hydrogens is 384 g/mol. The van der Waals surface area contributed by atoms with E-state index in [2.05, 4.69) is 10.3 Å². The monoisotopic (exact) mass is 399 g/mol. The lowest BCUT2D eigenvalue weighted by Gasteiger charge is -2.05. The number of methoxy groups -OCH3 is 1. The van der Waals surface area contributed by atoms with E-state index in [9.17, 15) is 13.6 Å². The van der Waals surface area contributed by atoms with Gasteiger partial charge in [-0.1, -0.05) is 0 Å². The van der Waals surface area contributed by atoms with Crippen molar-refractivity contribution in [2.75, 3.05) is 12.4 Å². The summed E-state index contributed by atoms with van der Waals surface area (Å²) in [6.45, 7) is 0. The molecule has 0 unspecified atom stereocenters. The van der Waals surface area contributed by atoms with E-state index < -0.39 is 11.6 Å². The van der Waals surface area contributed by atoms with Crippen molar-refractivity contribution in [3.8, 4) is 17.0 Å². The highest BCUT2D eigenvalue weighted by Crippen LogP contribution is 2.25. The zero-order chi connectivity index (χ0) is 19.7. The van der Waals surface area contributed by atoms with Crippen molar-refractivity contribution in [2.45, 2.75) is 6.42 Å². The van der Waals surface area contributed by atoms with Crippen molar-refractivity contribution in [1.82, 2.24) is 9.38 Å². The number of thiazole rings is 1. The Morgan fingerprint density at radius 1 is 1.18 bits per heavy atom. The first-order valence-electron chi connectivity index (χ1n) is 8.38. The molecule has 0 saturated carbocycles. The van der Waals surface area contributed by atoms with Gasteiger partial charge in [0, 0.05) is 34.6 Å². The van der Waals surface area contributed by atoms with Crippen molar-refractivity contribution in [3.63, 3.8) is 0 Å². The van der Waals surface area contributed by atoms with E-state index in [4.69, 9.17) is 4.74 Å². The summed E-state index contributed by atoms with van der Waals surface area (Å²) in [4.78, 5) is 17.7. The summed E-state index contributed by atoms with van der Waals surface area (Å²) < 4.78 is 33.3. The van der Waals surface area contributed by atoms with Gasteiger partial charge in [0.1, 0.15) is 5.75 Å². The van der Waals surface area contributed by atoms with E-state index in [0.29, 0.717) is 0 Å². The number of nitrogens with one attached hydrogen (secondary N) is 1. The minimum Gasteiger partial charge on any atom is -0.497 e. The second-order valence-electron chi connectivity index (χ2n) is 6.09. The summed E-state index contributed by atoms with van der Waals surface area (Å²) in [7, 11) is 1.61. The van der Waals surface area contributed by atoms with E-state index in [0.717, 1.165) is 39.8 Å². The van der Waals surface area contributed by atoms with Gasteiger partial charge in [0.15, 0.2) is 16.6 Å². The maximum atomic E-state index is 13.3. The summed E-state index contributed by atoms with van der Waals surface area (Å²) in [6.07, 6.45) is 1.95. The fourth-order valence-electron chi connectivity index (χ4n) is 2.80. The summed E-state index contributed by atoms with van der Waals surface area (Å²) in [5.74, 6) is -1.53. The number of hydrogen-bond acceptors (Lipinski definition) is 4. The molecule has 5 nitrogen and oxygen atoms in total. The molecule has 0 fully saturated rings. The van der Waals surface area contributed by atoms with Gasteiger partial charge in [0.25, 0.3) is 0 Å². The molecule has 4 rings (SSSR count). The van der Waals surface area contributed by atoms with Crippen LogP contribution in [-0.2, 0) is 11.2 Å². The number of anilines is 1. The molecule has 0 bridgehead atoms. The number of ether oxygens (including phenoxy) is 1. The van der Waals surface area contributed by atoms with Crippen molar-refractivity contribution < 1.29 is 18.3 Å². The fraction of sp³-hybridized carbons (Fsp3) is 0.100. The highest BCUT2D eigenvalue weighted by atomic mass is 32.1. The van der Waals surface area contributed by atoms with Crippen LogP contribution < -0.4 is 10.1 Å². The van der Waals surface area contributed by atoms with Crippen molar-refractivity contribution in [3.05, 3.63) is 71.4 Å². The van der Waals surface area contributed by atoms with Gasteiger partial charge in [-0.25, -0.2) is 13.8 Å². The number of benzene rings is 2. The third-order valence-electron chi connectivity index (χ3n) is 4.21. The zero-order valence-corrected chi connectivity index (χ0v) is 15.6. The lowest BCUT2D eigenvalue weighted by Crippen LogP contribution is -2.15. The summed E-state index contributed by atoms with van der Waals surface area (Å²) in [5.41, 5.74) is 2.69. The van der Waals surface area contributed by atoms with Crippen LogP contribution in [0.1, 0.15) is 5.69 Å². The minimum atomic E-state index is -1.01. The Bertz CT molecular complexity index is 1150. The fourth-order valence-corrected chi connectivity index (χ4v) is 3.67. The van der Waals surface area contributed by atoms with Crippen LogP contribution in [0.2, 0.25) is 0 Å². The number of hydrogen-bond donors (Lipinski definition) is 1. The summed E-state index contributed by atoms with van der Waals surface area (Å²) >= 11 is 1.43. The van der Waals surface area contributed by atoms with Crippen LogP contribution in [0.15, 0.2) is 54.0 Å². The average molecular weight is 399 g/mol. The first-order chi connectivity index (χ1) is 13.5. The molecule has 2 heterocycles. The molecule has 0 radical (unpaired) electrons. The lowest BCUT2D eigenvalue weighted by molar-refractivity contribution is -0.115. The number of imidazole rings is 1. The maximum Gasteiger partial charge on any atom is 0.230 e. The van der Waals surface area contributed by atoms with Crippen LogP contribution in [0.3, 0.4) is 0 Å². The number of carbonyl (C=O) groups is 1. The normalized spacial score (nSPS) is 11.0. The maximum absolute atomic E-state index is 13.3. The molecule has 8 heteroatoms. The lowest BCUT2D eigenvalue weighted by atomic mass is 10.2. The molecule has 0 atom stereocenters. The van der Waals surface area contributed by atoms with Crippen LogP contribution in [-0.4, -0.2) is 22.4 Å². The van der Waals surface area contributed by atoms with E-state index in [1.807, 2.05) is 40.2 Å². The van der Waals surface area contributed by atoms with Crippen LogP contribution >= 0.6 is 11.3 Å². The summed E-state index contributed by atoms with van der Waals surface area (Å²) in [5, 5.41) is 4.43. The molecule has 142 valence electrons. The average Bonchev–Trinajstić information content (AvgIpc) is 3.27. The number of halogens is 2. The molecule has 28 heavy (non-hydrogen) atoms. The Balaban J connectivity index is 1.53. The predicted octanol–water partition coefficient (Wildman–Crippen LogP) is 4.53. The zero-order valence-electron chi connectivity index (χ0n) is 14.8. The number of fused-ring (bicyclic) bond motifs is 1. The van der Waals surface area contributed by atoms with Crippen molar-refractivity contribution >= 4 is 27.9 Å². The number of nitrogens with zero attached hydrogens (tertiary/aromatic N) is 2. The van der Waals surface area contributed by atoms with Crippen LogP contribution in [0, 0.1) is 11.6 Å². The molecule has 1 N–H and O–H groups in total. The summed E-state index contributed by atoms with van der Waals surface area (Å²) in [6, 6.07) is 10.8. The molecular formula is C20H15F2N3O2S. The highest BCUT2D eigenvalue weighted by Gasteiger charge is 2.13. The van der Waals surface area contributed by atoms with Crippen LogP contribution in [0.25, 0.3) is 16.2 Å². The minimum absolute atomic E-state index is 0.0808. The van der Waals surface area contributed by atoms with E-state index in [1.54, 1.807) is 7.11 Å². The van der Waals surface area contributed by atoms with Crippen LogP contribution in [0.4, 0.5) is 14.5 Å². The third kappa shape index (κ3) is 3.59. The first-order valence-corrected chi connectivity index (χ1v) is 9.26. The van der Waals surface area contributed by atoms with E-state index in [1.165, 1.54) is 17.4 Å². The molecule has 0 spiro atoms. The third-order valence-corrected chi connectivity index (χ3v) is 5.10. The van der Waals surface area contributed by atoms with Gasteiger partial charge in [-0.15, -0.1) is 11.3 Å². The topological polar surface area (TPSA) is 55.6 Å². The number of rotatable bonds is 5. The quantitative estimate of drug-likeness (QED) is 0.536. The van der Waals surface area contributed by atoms with Crippen molar-refractivity contribution in [1.29, 1.82) is 0 Å². The van der Waals surface area contributed by atoms with E-state index >= 15 is 0 Å². The van der Waals surface area contributed by atoms with Crippen molar-refractivity contribution in [2.24, 2.45) is 0 Å². The largest absolute Gasteiger partial charge is 0.497 e. The number of amides is 1. The van der Waals surface area contributed by atoms with Gasteiger partial charge in [-0.05, 0) is 36.4 Å². The molecule has 0 saturated heterocycles. The highest BCUT2D eigenvalue weighted by molar-refractivity contribution is 7.15. The van der Waals surface area contributed by atoms with Gasteiger partial charge < -0.3 is 10.1 Å². The standard InChI is InChI=1S/C20H15F2N3O2S/c1-27-15-5-2-12(3-6-15)18-10-25-14(11-28-20(25)24-18)9-19(26)23-13-4-7-16(21)17(22)8-13/h2-8,10-11H,9H2,1H3,(H,23,26). The Kier molecular flexibility index (Phi) is 4.79. The van der Waals surface area contributed by atoms with E-state index in [-0.39, 0.29) is 18.0 Å². The Hall–Kier alpha value is -3.26. The van der Waals surface area contributed by atoms with Gasteiger partial charge in [-0.3, -0.25) is 9.20 Å². The molecule has 0 aliphatic heterocycles. The predicted molar refractivity (Wildman–Crippen MR) is 104 cm³/mol. The molecule has 2 aromatic carbocycles. The Labute approximate surface area is 163 Å². The smallest absolute Gasteiger partial charge is 0.230 e. The Morgan fingerprint density at radius 2 is 1.96 bits per heavy atom. The molecule has 4 aromatic rings. The molecule has 2 aromatic heterocycles. The second kappa shape index (κ2) is 7.40. The van der Waals surface area contributed by atoms with Crippen LogP contribution in [0.5, 0.6) is 5.75 Å². The van der Waals surface area contributed by atoms with Gasteiger partial charge in [0.2, 0.25) is 5.91 Å². The molecule has 0 aliphatic rings. The van der Waals surface area contributed by atoms with Gasteiger partial charge in [0.05, 0.1) is 19.2 Å². The molecule has 0 aliphatic carbocycles. The second-order valence-corrected chi connectivity index (χ2v) is 6.92.